The molecule has 0 saturated heterocycles. The molecule has 8 aromatic carbocycles. The Labute approximate surface area is 371 Å². The molecule has 1 heterocycles. The molecule has 0 N–H and O–H groups in total. The molecule has 0 bridgehead atoms. The fraction of sp³-hybridized carbons (Fsp3) is 0.180. The summed E-state index contributed by atoms with van der Waals surface area (Å²) >= 11 is 0. The highest BCUT2D eigenvalue weighted by molar-refractivity contribution is 6.15. The van der Waals surface area contributed by atoms with Crippen LogP contribution in [0, 0.1) is 5.92 Å². The lowest BCUT2D eigenvalue weighted by Gasteiger charge is -2.46. The number of hydrogen-bond acceptors (Lipinski definition) is 2. The zero-order valence-electron chi connectivity index (χ0n) is 36.3. The third kappa shape index (κ3) is 5.77. The number of fused-ring (bicyclic) bond motifs is 12. The molecule has 63 heavy (non-hydrogen) atoms. The van der Waals surface area contributed by atoms with E-state index in [1.165, 1.54) is 88.7 Å². The van der Waals surface area contributed by atoms with Crippen LogP contribution in [0.4, 0.5) is 0 Å². The molecule has 12 rings (SSSR count). The lowest BCUT2D eigenvalue weighted by molar-refractivity contribution is 0.446. The van der Waals surface area contributed by atoms with Crippen molar-refractivity contribution in [3.63, 3.8) is 0 Å². The van der Waals surface area contributed by atoms with E-state index in [0.29, 0.717) is 5.92 Å². The van der Waals surface area contributed by atoms with Crippen molar-refractivity contribution in [3.8, 4) is 22.3 Å². The molecule has 1 spiro atoms. The van der Waals surface area contributed by atoms with Gasteiger partial charge in [-0.3, -0.25) is 4.99 Å². The topological polar surface area (TPSA) is 24.7 Å². The van der Waals surface area contributed by atoms with Gasteiger partial charge in [-0.15, -0.1) is 0 Å². The first-order valence-corrected chi connectivity index (χ1v) is 22.9. The van der Waals surface area contributed by atoms with Gasteiger partial charge in [0.2, 0.25) is 0 Å². The van der Waals surface area contributed by atoms with Gasteiger partial charge in [-0.25, -0.2) is 4.99 Å². The first-order chi connectivity index (χ1) is 30.9. The summed E-state index contributed by atoms with van der Waals surface area (Å²) in [7, 11) is 0. The Hall–Kier alpha value is -6.90. The Morgan fingerprint density at radius 2 is 1.17 bits per heavy atom. The van der Waals surface area contributed by atoms with Gasteiger partial charge in [-0.1, -0.05) is 191 Å². The van der Waals surface area contributed by atoms with E-state index in [-0.39, 0.29) is 11.5 Å². The molecule has 2 nitrogen and oxygen atoms in total. The van der Waals surface area contributed by atoms with Crippen LogP contribution in [0.3, 0.4) is 0 Å². The van der Waals surface area contributed by atoms with Crippen molar-refractivity contribution in [1.29, 1.82) is 0 Å². The maximum absolute atomic E-state index is 5.70. The first kappa shape index (κ1) is 37.8. The van der Waals surface area contributed by atoms with Gasteiger partial charge in [0.1, 0.15) is 0 Å². The molecular formula is C61H50N2. The molecule has 2 atom stereocenters. The molecule has 2 unspecified atom stereocenters. The van der Waals surface area contributed by atoms with Gasteiger partial charge in [0.05, 0.1) is 17.2 Å². The Morgan fingerprint density at radius 3 is 1.97 bits per heavy atom. The van der Waals surface area contributed by atoms with Crippen LogP contribution in [0.1, 0.15) is 107 Å². The van der Waals surface area contributed by atoms with Crippen molar-refractivity contribution in [1.82, 2.24) is 0 Å². The van der Waals surface area contributed by atoms with Gasteiger partial charge >= 0.3 is 0 Å². The van der Waals surface area contributed by atoms with E-state index >= 15 is 0 Å². The molecule has 0 amide bonds. The summed E-state index contributed by atoms with van der Waals surface area (Å²) in [6, 6.07) is 65.8. The minimum Gasteiger partial charge on any atom is -0.258 e. The molecule has 0 saturated carbocycles. The second-order valence-electron chi connectivity index (χ2n) is 18.7. The van der Waals surface area contributed by atoms with Crippen LogP contribution >= 0.6 is 0 Å². The van der Waals surface area contributed by atoms with Crippen LogP contribution in [0.2, 0.25) is 0 Å². The minimum absolute atomic E-state index is 0.00277. The number of nitrogens with zero attached hydrogens (tertiary/aromatic N) is 2. The third-order valence-electron chi connectivity index (χ3n) is 14.9. The van der Waals surface area contributed by atoms with Crippen LogP contribution in [0.5, 0.6) is 0 Å². The SMILES string of the molecule is CC1CCC(c2cc3ccccc3c3c2CCC=C3)=NC(c2cccc(-c3ccc4c(c3)C3(c5ccccc5-c5ccccc53)c3ccccc3C4(C)C)c2)=NC1c1ccccc1. The van der Waals surface area contributed by atoms with Crippen LogP contribution in [-0.2, 0) is 17.3 Å². The van der Waals surface area contributed by atoms with E-state index < -0.39 is 5.41 Å². The van der Waals surface area contributed by atoms with Crippen LogP contribution in [0.25, 0.3) is 39.1 Å². The lowest BCUT2D eigenvalue weighted by Crippen LogP contribution is -2.40. The molecule has 0 fully saturated rings. The van der Waals surface area contributed by atoms with Gasteiger partial charge in [0.15, 0.2) is 5.84 Å². The first-order valence-electron chi connectivity index (χ1n) is 22.9. The van der Waals surface area contributed by atoms with E-state index in [2.05, 4.69) is 209 Å². The van der Waals surface area contributed by atoms with Gasteiger partial charge in [0, 0.05) is 16.5 Å². The molecule has 8 aromatic rings. The van der Waals surface area contributed by atoms with Crippen LogP contribution in [-0.4, -0.2) is 11.5 Å². The zero-order chi connectivity index (χ0) is 42.3. The number of amidine groups is 1. The van der Waals surface area contributed by atoms with E-state index in [1.807, 2.05) is 0 Å². The van der Waals surface area contributed by atoms with Crippen molar-refractivity contribution in [2.24, 2.45) is 15.9 Å². The standard InChI is InChI=1S/C61H50N2/c1-39-32-35-57(50-37-43-20-7-8-23-45(43)46-24-9-10-25-47(46)50)62-59(63-58(39)40-18-5-4-6-19-40)44-22-17-21-41(36-44)42-33-34-54-56(38-42)61(55-31-16-15-30-53(55)60(54,2)3)51-28-13-11-26-48(51)49-27-12-14-29-52(49)61/h4-9,11-24,26-31,33-34,36-39,58H,10,25,32,35H2,1-3H3. The lowest BCUT2D eigenvalue weighted by atomic mass is 9.55. The quantitative estimate of drug-likeness (QED) is 0.169. The molecule has 4 aliphatic rings. The molecule has 1 aliphatic heterocycles. The molecule has 304 valence electrons. The molecule has 2 heteroatoms. The molecular weight excluding hydrogens is 761 g/mol. The second kappa shape index (κ2) is 14.6. The summed E-state index contributed by atoms with van der Waals surface area (Å²) in [5.41, 5.74) is 20.1. The van der Waals surface area contributed by atoms with E-state index in [9.17, 15) is 0 Å². The number of rotatable bonds is 4. The van der Waals surface area contributed by atoms with Crippen molar-refractivity contribution in [3.05, 3.63) is 243 Å². The van der Waals surface area contributed by atoms with Crippen molar-refractivity contribution >= 4 is 28.4 Å². The summed E-state index contributed by atoms with van der Waals surface area (Å²) in [6.45, 7) is 7.18. The van der Waals surface area contributed by atoms with Gasteiger partial charge < -0.3 is 0 Å². The average molecular weight is 811 g/mol. The second-order valence-corrected chi connectivity index (χ2v) is 18.7. The van der Waals surface area contributed by atoms with Crippen LogP contribution < -0.4 is 0 Å². The highest BCUT2D eigenvalue weighted by Gasteiger charge is 2.53. The smallest absolute Gasteiger partial charge is 0.155 e. The monoisotopic (exact) mass is 810 g/mol. The number of benzene rings is 8. The Balaban J connectivity index is 1.06. The number of aliphatic imine (C=N–C) groups is 2. The van der Waals surface area contributed by atoms with Gasteiger partial charge in [0.25, 0.3) is 0 Å². The number of hydrogen-bond donors (Lipinski definition) is 0. The fourth-order valence-electron chi connectivity index (χ4n) is 11.8. The summed E-state index contributed by atoms with van der Waals surface area (Å²) < 4.78 is 0. The molecule has 3 aliphatic carbocycles. The van der Waals surface area contributed by atoms with E-state index in [4.69, 9.17) is 9.98 Å². The highest BCUT2D eigenvalue weighted by Crippen LogP contribution is 2.62. The third-order valence-corrected chi connectivity index (χ3v) is 14.9. The predicted molar refractivity (Wildman–Crippen MR) is 263 cm³/mol. The summed E-state index contributed by atoms with van der Waals surface area (Å²) in [4.78, 5) is 11.4. The Bertz CT molecular complexity index is 3190. The van der Waals surface area contributed by atoms with E-state index in [0.717, 1.165) is 42.8 Å². The summed E-state index contributed by atoms with van der Waals surface area (Å²) in [5.74, 6) is 1.14. The largest absolute Gasteiger partial charge is 0.258 e. The van der Waals surface area contributed by atoms with Gasteiger partial charge in [-0.2, -0.15) is 0 Å². The normalized spacial score (nSPS) is 18.8. The van der Waals surface area contributed by atoms with Gasteiger partial charge in [-0.05, 0) is 133 Å². The Morgan fingerprint density at radius 1 is 0.524 bits per heavy atom. The zero-order valence-corrected chi connectivity index (χ0v) is 36.3. The van der Waals surface area contributed by atoms with Crippen LogP contribution in [0.15, 0.2) is 192 Å². The van der Waals surface area contributed by atoms with Crippen molar-refractivity contribution < 1.29 is 0 Å². The average Bonchev–Trinajstić information content (AvgIpc) is 3.63. The Kier molecular flexibility index (Phi) is 8.77. The minimum atomic E-state index is -0.446. The number of allylic oxidation sites excluding steroid dienone is 1. The van der Waals surface area contributed by atoms with E-state index in [1.54, 1.807) is 0 Å². The van der Waals surface area contributed by atoms with Crippen molar-refractivity contribution in [2.75, 3.05) is 0 Å². The van der Waals surface area contributed by atoms with Crippen molar-refractivity contribution in [2.45, 2.75) is 63.3 Å². The maximum atomic E-state index is 5.70. The molecule has 0 aromatic heterocycles. The summed E-state index contributed by atoms with van der Waals surface area (Å²) in [5, 5.41) is 2.59. The molecule has 0 radical (unpaired) electrons. The maximum Gasteiger partial charge on any atom is 0.155 e. The predicted octanol–water partition coefficient (Wildman–Crippen LogP) is 14.9. The highest BCUT2D eigenvalue weighted by atomic mass is 15.0. The fourth-order valence-corrected chi connectivity index (χ4v) is 11.8. The summed E-state index contributed by atoms with van der Waals surface area (Å²) in [6.07, 6.45) is 8.64.